The van der Waals surface area contributed by atoms with Crippen molar-refractivity contribution in [3.8, 4) is 5.75 Å². The van der Waals surface area contributed by atoms with E-state index in [0.717, 1.165) is 49.6 Å². The largest absolute Gasteiger partial charge is 0.495 e. The maximum absolute atomic E-state index is 13.1. The molecule has 132 valence electrons. The molecule has 1 amide bonds. The second kappa shape index (κ2) is 7.08. The number of aryl methyl sites for hydroxylation is 1. The van der Waals surface area contributed by atoms with Crippen molar-refractivity contribution in [2.24, 2.45) is 0 Å². The maximum Gasteiger partial charge on any atom is 0.267 e. The number of thiophene rings is 1. The highest BCUT2D eigenvalue weighted by molar-refractivity contribution is 7.14. The lowest BCUT2D eigenvalue weighted by atomic mass is 9.98. The van der Waals surface area contributed by atoms with E-state index in [9.17, 15) is 4.79 Å². The Morgan fingerprint density at radius 3 is 2.48 bits per heavy atom. The lowest BCUT2D eigenvalue weighted by Crippen LogP contribution is -2.48. The Hall–Kier alpha value is -2.01. The number of hydrogen-bond acceptors (Lipinski definition) is 4. The first-order chi connectivity index (χ1) is 12.3. The highest BCUT2D eigenvalue weighted by Gasteiger charge is 2.30. The second-order valence-corrected chi connectivity index (χ2v) is 7.79. The van der Waals surface area contributed by atoms with Gasteiger partial charge in [-0.3, -0.25) is 4.79 Å². The van der Waals surface area contributed by atoms with Crippen LogP contribution in [-0.2, 0) is 12.8 Å². The lowest BCUT2D eigenvalue weighted by molar-refractivity contribution is 0.0748. The molecule has 2 aromatic rings. The molecule has 0 atom stereocenters. The summed E-state index contributed by atoms with van der Waals surface area (Å²) >= 11 is 1.66. The van der Waals surface area contributed by atoms with Crippen LogP contribution < -0.4 is 9.64 Å². The smallest absolute Gasteiger partial charge is 0.267 e. The predicted octanol–water partition coefficient (Wildman–Crippen LogP) is 3.60. The summed E-state index contributed by atoms with van der Waals surface area (Å²) < 4.78 is 5.64. The summed E-state index contributed by atoms with van der Waals surface area (Å²) in [5.41, 5.74) is 2.52. The van der Waals surface area contributed by atoms with E-state index >= 15 is 0 Å². The topological polar surface area (TPSA) is 32.8 Å². The van der Waals surface area contributed by atoms with Gasteiger partial charge in [-0.1, -0.05) is 18.2 Å². The quantitative estimate of drug-likeness (QED) is 0.842. The van der Waals surface area contributed by atoms with Crippen molar-refractivity contribution in [3.63, 3.8) is 0 Å². The second-order valence-electron chi connectivity index (χ2n) is 6.69. The van der Waals surface area contributed by atoms with Crippen molar-refractivity contribution in [2.75, 3.05) is 38.2 Å². The third kappa shape index (κ3) is 3.13. The van der Waals surface area contributed by atoms with E-state index in [1.807, 2.05) is 11.0 Å². The molecule has 4 nitrogen and oxygen atoms in total. The molecule has 5 heteroatoms. The highest BCUT2D eigenvalue weighted by atomic mass is 32.1. The summed E-state index contributed by atoms with van der Waals surface area (Å²) in [4.78, 5) is 19.6. The molecule has 1 saturated heterocycles. The standard InChI is InChI=1S/C20H24N2O2S/c1-24-18-16-9-5-6-10-17(16)25-19(18)20(23)22-13-11-21(12-14-22)15-7-3-2-4-8-15/h2-4,7-8H,5-6,9-14H2,1H3. The molecule has 0 radical (unpaired) electrons. The minimum Gasteiger partial charge on any atom is -0.495 e. The molecule has 2 heterocycles. The molecule has 0 bridgehead atoms. The molecular weight excluding hydrogens is 332 g/mol. The molecule has 0 spiro atoms. The van der Waals surface area contributed by atoms with Gasteiger partial charge in [-0.15, -0.1) is 11.3 Å². The number of nitrogens with zero attached hydrogens (tertiary/aromatic N) is 2. The fourth-order valence-electron chi connectivity index (χ4n) is 3.84. The number of carbonyl (C=O) groups is 1. The number of hydrogen-bond donors (Lipinski definition) is 0. The van der Waals surface area contributed by atoms with Crippen molar-refractivity contribution >= 4 is 22.9 Å². The van der Waals surface area contributed by atoms with Crippen molar-refractivity contribution < 1.29 is 9.53 Å². The third-order valence-electron chi connectivity index (χ3n) is 5.21. The summed E-state index contributed by atoms with van der Waals surface area (Å²) in [6.07, 6.45) is 4.55. The van der Waals surface area contributed by atoms with Crippen LogP contribution in [0.3, 0.4) is 0 Å². The van der Waals surface area contributed by atoms with E-state index in [2.05, 4.69) is 29.2 Å². The van der Waals surface area contributed by atoms with Gasteiger partial charge in [0, 0.05) is 42.3 Å². The zero-order valence-corrected chi connectivity index (χ0v) is 15.5. The normalized spacial score (nSPS) is 17.3. The number of piperazine rings is 1. The molecule has 1 aliphatic carbocycles. The molecule has 0 saturated carbocycles. The van der Waals surface area contributed by atoms with E-state index in [1.165, 1.54) is 29.0 Å². The lowest BCUT2D eigenvalue weighted by Gasteiger charge is -2.36. The Balaban J connectivity index is 1.48. The average Bonchev–Trinajstić information content (AvgIpc) is 3.07. The molecule has 1 aliphatic heterocycles. The van der Waals surface area contributed by atoms with Crippen molar-refractivity contribution in [1.82, 2.24) is 4.90 Å². The zero-order valence-electron chi connectivity index (χ0n) is 14.7. The molecule has 1 aromatic heterocycles. The number of amides is 1. The van der Waals surface area contributed by atoms with E-state index in [0.29, 0.717) is 0 Å². The van der Waals surface area contributed by atoms with Crippen molar-refractivity contribution in [3.05, 3.63) is 45.6 Å². The number of ether oxygens (including phenoxy) is 1. The van der Waals surface area contributed by atoms with Crippen LogP contribution in [-0.4, -0.2) is 44.1 Å². The summed E-state index contributed by atoms with van der Waals surface area (Å²) in [7, 11) is 1.70. The number of para-hydroxylation sites is 1. The molecule has 0 unspecified atom stereocenters. The fourth-order valence-corrected chi connectivity index (χ4v) is 5.17. The molecule has 25 heavy (non-hydrogen) atoms. The Kier molecular flexibility index (Phi) is 4.66. The molecule has 1 fully saturated rings. The fraction of sp³-hybridized carbons (Fsp3) is 0.450. The van der Waals surface area contributed by atoms with E-state index in [1.54, 1.807) is 18.4 Å². The van der Waals surface area contributed by atoms with Crippen LogP contribution in [0.4, 0.5) is 5.69 Å². The summed E-state index contributed by atoms with van der Waals surface area (Å²) in [6.45, 7) is 3.28. The van der Waals surface area contributed by atoms with Crippen molar-refractivity contribution in [2.45, 2.75) is 25.7 Å². The first-order valence-corrected chi connectivity index (χ1v) is 9.87. The number of fused-ring (bicyclic) bond motifs is 1. The first-order valence-electron chi connectivity index (χ1n) is 9.05. The van der Waals surface area contributed by atoms with Gasteiger partial charge in [0.15, 0.2) is 0 Å². The van der Waals surface area contributed by atoms with Crippen LogP contribution in [0.15, 0.2) is 30.3 Å². The SMILES string of the molecule is COc1c(C(=O)N2CCN(c3ccccc3)CC2)sc2c1CCCC2. The number of anilines is 1. The van der Waals surface area contributed by atoms with Crippen LogP contribution in [0, 0.1) is 0 Å². The number of benzene rings is 1. The van der Waals surface area contributed by atoms with Gasteiger partial charge in [-0.05, 0) is 37.8 Å². The highest BCUT2D eigenvalue weighted by Crippen LogP contribution is 2.40. The molecule has 4 rings (SSSR count). The molecule has 2 aliphatic rings. The summed E-state index contributed by atoms with van der Waals surface area (Å²) in [5, 5.41) is 0. The van der Waals surface area contributed by atoms with Crippen LogP contribution in [0.2, 0.25) is 0 Å². The van der Waals surface area contributed by atoms with Gasteiger partial charge >= 0.3 is 0 Å². The maximum atomic E-state index is 13.1. The van der Waals surface area contributed by atoms with Gasteiger partial charge in [0.1, 0.15) is 10.6 Å². The first kappa shape index (κ1) is 16.5. The van der Waals surface area contributed by atoms with E-state index < -0.39 is 0 Å². The Labute approximate surface area is 153 Å². The minimum absolute atomic E-state index is 0.143. The molecule has 1 aromatic carbocycles. The van der Waals surface area contributed by atoms with Gasteiger partial charge in [0.2, 0.25) is 0 Å². The van der Waals surface area contributed by atoms with E-state index in [-0.39, 0.29) is 5.91 Å². The zero-order chi connectivity index (χ0) is 17.2. The van der Waals surface area contributed by atoms with Crippen LogP contribution in [0.5, 0.6) is 5.75 Å². The Morgan fingerprint density at radius 1 is 1.04 bits per heavy atom. The van der Waals surface area contributed by atoms with Gasteiger partial charge < -0.3 is 14.5 Å². The van der Waals surface area contributed by atoms with Crippen LogP contribution in [0.1, 0.15) is 33.0 Å². The van der Waals surface area contributed by atoms with E-state index in [4.69, 9.17) is 4.74 Å². The number of methoxy groups -OCH3 is 1. The van der Waals surface area contributed by atoms with Crippen LogP contribution >= 0.6 is 11.3 Å². The minimum atomic E-state index is 0.143. The monoisotopic (exact) mass is 356 g/mol. The Bertz CT molecular complexity index is 749. The van der Waals surface area contributed by atoms with Gasteiger partial charge in [-0.2, -0.15) is 0 Å². The molecule has 0 N–H and O–H groups in total. The Morgan fingerprint density at radius 2 is 1.76 bits per heavy atom. The third-order valence-corrected chi connectivity index (χ3v) is 6.47. The average molecular weight is 356 g/mol. The van der Waals surface area contributed by atoms with Crippen LogP contribution in [0.25, 0.3) is 0 Å². The van der Waals surface area contributed by atoms with Gasteiger partial charge in [0.05, 0.1) is 7.11 Å². The van der Waals surface area contributed by atoms with Crippen molar-refractivity contribution in [1.29, 1.82) is 0 Å². The predicted molar refractivity (Wildman–Crippen MR) is 102 cm³/mol. The van der Waals surface area contributed by atoms with Gasteiger partial charge in [0.25, 0.3) is 5.91 Å². The summed E-state index contributed by atoms with van der Waals surface area (Å²) in [5.74, 6) is 0.985. The summed E-state index contributed by atoms with van der Waals surface area (Å²) in [6, 6.07) is 10.4. The number of rotatable bonds is 3. The number of carbonyl (C=O) groups excluding carboxylic acids is 1. The molecular formula is C20H24N2O2S. The van der Waals surface area contributed by atoms with Gasteiger partial charge in [-0.25, -0.2) is 0 Å².